The van der Waals surface area contributed by atoms with Gasteiger partial charge in [-0.15, -0.1) is 11.3 Å². The van der Waals surface area contributed by atoms with Gasteiger partial charge >= 0.3 is 0 Å². The SMILES string of the molecule is COc1cccc(CN2C(=O)c3cc(-c4cccs4)nn3CC2(C)C(=O)NCc2ccc(F)cc2)c1. The van der Waals surface area contributed by atoms with Gasteiger partial charge in [0.25, 0.3) is 5.91 Å². The van der Waals surface area contributed by atoms with Gasteiger partial charge in [0.15, 0.2) is 0 Å². The molecule has 0 saturated carbocycles. The summed E-state index contributed by atoms with van der Waals surface area (Å²) in [6.45, 7) is 2.37. The Morgan fingerprint density at radius 1 is 1.14 bits per heavy atom. The predicted molar refractivity (Wildman–Crippen MR) is 135 cm³/mol. The zero-order chi connectivity index (χ0) is 25.3. The maximum atomic E-state index is 13.8. The number of hydrogen-bond acceptors (Lipinski definition) is 5. The molecule has 2 aromatic heterocycles. The Morgan fingerprint density at radius 2 is 1.94 bits per heavy atom. The molecule has 9 heteroatoms. The van der Waals surface area contributed by atoms with E-state index in [2.05, 4.69) is 10.4 Å². The number of aromatic nitrogens is 2. The van der Waals surface area contributed by atoms with Crippen molar-refractivity contribution in [2.75, 3.05) is 7.11 Å². The molecule has 0 saturated heterocycles. The molecule has 7 nitrogen and oxygen atoms in total. The van der Waals surface area contributed by atoms with Crippen LogP contribution in [0.3, 0.4) is 0 Å². The highest BCUT2D eigenvalue weighted by Gasteiger charge is 2.48. The Balaban J connectivity index is 1.48. The number of benzene rings is 2. The summed E-state index contributed by atoms with van der Waals surface area (Å²) in [7, 11) is 1.59. The van der Waals surface area contributed by atoms with E-state index < -0.39 is 5.54 Å². The van der Waals surface area contributed by atoms with Crippen LogP contribution in [0.15, 0.2) is 72.1 Å². The van der Waals surface area contributed by atoms with E-state index in [4.69, 9.17) is 4.74 Å². The van der Waals surface area contributed by atoms with Crippen molar-refractivity contribution in [2.24, 2.45) is 0 Å². The van der Waals surface area contributed by atoms with Crippen LogP contribution in [0.5, 0.6) is 5.75 Å². The highest BCUT2D eigenvalue weighted by molar-refractivity contribution is 7.13. The minimum Gasteiger partial charge on any atom is -0.497 e. The molecular formula is C27H25FN4O3S. The number of nitrogens with one attached hydrogen (secondary N) is 1. The van der Waals surface area contributed by atoms with Gasteiger partial charge in [-0.1, -0.05) is 30.3 Å². The molecule has 0 radical (unpaired) electrons. The first kappa shape index (κ1) is 23.7. The molecule has 4 aromatic rings. The number of methoxy groups -OCH3 is 1. The molecule has 1 aliphatic heterocycles. The van der Waals surface area contributed by atoms with Crippen molar-refractivity contribution in [1.29, 1.82) is 0 Å². The number of ether oxygens (including phenoxy) is 1. The van der Waals surface area contributed by atoms with E-state index in [1.54, 1.807) is 53.2 Å². The number of rotatable bonds is 7. The molecule has 0 spiro atoms. The fraction of sp³-hybridized carbons (Fsp3) is 0.222. The molecule has 3 heterocycles. The molecular weight excluding hydrogens is 479 g/mol. The van der Waals surface area contributed by atoms with Crippen LogP contribution in [0, 0.1) is 5.82 Å². The average molecular weight is 505 g/mol. The second-order valence-corrected chi connectivity index (χ2v) is 9.82. The second-order valence-electron chi connectivity index (χ2n) is 8.88. The Labute approximate surface area is 212 Å². The third kappa shape index (κ3) is 4.49. The smallest absolute Gasteiger partial charge is 0.273 e. The lowest BCUT2D eigenvalue weighted by molar-refractivity contribution is -0.133. The lowest BCUT2D eigenvalue weighted by atomic mass is 9.94. The number of nitrogens with zero attached hydrogens (tertiary/aromatic N) is 3. The normalized spacial score (nSPS) is 17.1. The number of hydrogen-bond donors (Lipinski definition) is 1. The molecule has 2 aromatic carbocycles. The first-order valence-electron chi connectivity index (χ1n) is 11.5. The highest BCUT2D eigenvalue weighted by Crippen LogP contribution is 2.33. The molecule has 0 fully saturated rings. The minimum atomic E-state index is -1.22. The monoisotopic (exact) mass is 504 g/mol. The van der Waals surface area contributed by atoms with E-state index in [1.807, 2.05) is 41.8 Å². The van der Waals surface area contributed by atoms with E-state index in [0.717, 1.165) is 16.0 Å². The topological polar surface area (TPSA) is 76.5 Å². The largest absolute Gasteiger partial charge is 0.497 e. The van der Waals surface area contributed by atoms with E-state index in [1.165, 1.54) is 12.1 Å². The number of thiophene rings is 1. The van der Waals surface area contributed by atoms with Gasteiger partial charge < -0.3 is 15.0 Å². The summed E-state index contributed by atoms with van der Waals surface area (Å²) in [4.78, 5) is 30.0. The number of carbonyl (C=O) groups excluding carboxylic acids is 2. The summed E-state index contributed by atoms with van der Waals surface area (Å²) < 4.78 is 20.3. The van der Waals surface area contributed by atoms with Gasteiger partial charge in [0.1, 0.15) is 28.5 Å². The Bertz CT molecular complexity index is 1400. The number of amides is 2. The molecule has 0 aliphatic carbocycles. The Kier molecular flexibility index (Phi) is 6.32. The quantitative estimate of drug-likeness (QED) is 0.402. The van der Waals surface area contributed by atoms with Crippen molar-refractivity contribution in [3.63, 3.8) is 0 Å². The van der Waals surface area contributed by atoms with Gasteiger partial charge in [0.2, 0.25) is 5.91 Å². The van der Waals surface area contributed by atoms with Crippen molar-refractivity contribution in [3.05, 3.63) is 94.7 Å². The van der Waals surface area contributed by atoms with Crippen LogP contribution in [0.4, 0.5) is 4.39 Å². The van der Waals surface area contributed by atoms with E-state index in [-0.39, 0.29) is 37.3 Å². The Hall–Kier alpha value is -3.98. The van der Waals surface area contributed by atoms with E-state index >= 15 is 0 Å². The van der Waals surface area contributed by atoms with Crippen LogP contribution in [0.2, 0.25) is 0 Å². The van der Waals surface area contributed by atoms with Crippen LogP contribution in [-0.2, 0) is 24.4 Å². The van der Waals surface area contributed by atoms with Gasteiger partial charge in [0.05, 0.1) is 18.5 Å². The number of halogens is 1. The number of fused-ring (bicyclic) bond motifs is 1. The fourth-order valence-electron chi connectivity index (χ4n) is 4.36. The lowest BCUT2D eigenvalue weighted by Crippen LogP contribution is -2.63. The molecule has 2 amide bonds. The molecule has 1 atom stereocenters. The van der Waals surface area contributed by atoms with Gasteiger partial charge in [-0.25, -0.2) is 4.39 Å². The van der Waals surface area contributed by atoms with Crippen LogP contribution >= 0.6 is 11.3 Å². The molecule has 1 aliphatic rings. The van der Waals surface area contributed by atoms with Crippen molar-refractivity contribution < 1.29 is 18.7 Å². The summed E-state index contributed by atoms with van der Waals surface area (Å²) in [6.07, 6.45) is 0. The van der Waals surface area contributed by atoms with Gasteiger partial charge in [-0.2, -0.15) is 5.10 Å². The lowest BCUT2D eigenvalue weighted by Gasteiger charge is -2.43. The van der Waals surface area contributed by atoms with Crippen molar-refractivity contribution >= 4 is 23.2 Å². The molecule has 5 rings (SSSR count). The maximum absolute atomic E-state index is 13.8. The molecule has 184 valence electrons. The van der Waals surface area contributed by atoms with E-state index in [0.29, 0.717) is 17.1 Å². The second kappa shape index (κ2) is 9.58. The molecule has 0 bridgehead atoms. The Morgan fingerprint density at radius 3 is 2.67 bits per heavy atom. The van der Waals surface area contributed by atoms with Crippen LogP contribution in [0.1, 0.15) is 28.5 Å². The highest BCUT2D eigenvalue weighted by atomic mass is 32.1. The minimum absolute atomic E-state index is 0.193. The summed E-state index contributed by atoms with van der Waals surface area (Å²) in [5.74, 6) is -0.266. The summed E-state index contributed by atoms with van der Waals surface area (Å²) in [5.41, 5.74) is 1.52. The zero-order valence-electron chi connectivity index (χ0n) is 19.9. The third-order valence-corrected chi connectivity index (χ3v) is 7.29. The van der Waals surface area contributed by atoms with Crippen LogP contribution < -0.4 is 10.1 Å². The molecule has 36 heavy (non-hydrogen) atoms. The molecule has 1 N–H and O–H groups in total. The summed E-state index contributed by atoms with van der Waals surface area (Å²) >= 11 is 1.54. The third-order valence-electron chi connectivity index (χ3n) is 6.40. The van der Waals surface area contributed by atoms with Crippen LogP contribution in [0.25, 0.3) is 10.6 Å². The fourth-order valence-corrected chi connectivity index (χ4v) is 5.04. The standard InChI is InChI=1S/C27H25FN4O3S/c1-27(26(34)29-15-18-8-10-20(28)11-9-18)17-32-23(14-22(30-32)24-7-4-12-36-24)25(33)31(27)16-19-5-3-6-21(13-19)35-2/h3-14H,15-17H2,1-2H3,(H,29,34). The zero-order valence-corrected chi connectivity index (χ0v) is 20.7. The number of carbonyl (C=O) groups is 2. The van der Waals surface area contributed by atoms with Gasteiger partial charge in [-0.3, -0.25) is 14.3 Å². The first-order chi connectivity index (χ1) is 17.4. The van der Waals surface area contributed by atoms with Crippen LogP contribution in [-0.4, -0.2) is 39.1 Å². The maximum Gasteiger partial charge on any atom is 0.273 e. The van der Waals surface area contributed by atoms with Crippen molar-refractivity contribution in [1.82, 2.24) is 20.0 Å². The van der Waals surface area contributed by atoms with E-state index in [9.17, 15) is 14.0 Å². The predicted octanol–water partition coefficient (Wildman–Crippen LogP) is 4.49. The van der Waals surface area contributed by atoms with Gasteiger partial charge in [0, 0.05) is 13.1 Å². The first-order valence-corrected chi connectivity index (χ1v) is 12.3. The summed E-state index contributed by atoms with van der Waals surface area (Å²) in [6, 6.07) is 19.1. The molecule has 1 unspecified atom stereocenters. The van der Waals surface area contributed by atoms with Crippen molar-refractivity contribution in [3.8, 4) is 16.3 Å². The average Bonchev–Trinajstić information content (AvgIpc) is 3.56. The van der Waals surface area contributed by atoms with Crippen molar-refractivity contribution in [2.45, 2.75) is 32.1 Å². The summed E-state index contributed by atoms with van der Waals surface area (Å²) in [5, 5.41) is 9.55. The van der Waals surface area contributed by atoms with Gasteiger partial charge in [-0.05, 0) is 59.8 Å².